The smallest absolute Gasteiger partial charge is 0.317 e. The van der Waals surface area contributed by atoms with Crippen LogP contribution in [0.15, 0.2) is 0 Å². The molecular weight excluding hydrogens is 228 g/mol. The summed E-state index contributed by atoms with van der Waals surface area (Å²) in [7, 11) is 1.64. The highest BCUT2D eigenvalue weighted by Gasteiger charge is 2.54. The Bertz CT molecular complexity index is 164. The molecule has 1 aliphatic rings. The molecule has 7 heteroatoms. The molecule has 0 aromatic rings. The van der Waals surface area contributed by atoms with Crippen LogP contribution in [0.4, 0.5) is 13.2 Å². The molecule has 0 aromatic carbocycles. The Labute approximate surface area is 87.5 Å². The van der Waals surface area contributed by atoms with Crippen molar-refractivity contribution in [3.8, 4) is 0 Å². The first-order valence-corrected chi connectivity index (χ1v) is 3.39. The van der Waals surface area contributed by atoms with Crippen molar-refractivity contribution < 1.29 is 13.2 Å². The van der Waals surface area contributed by atoms with Gasteiger partial charge in [0.2, 0.25) is 0 Å². The summed E-state index contributed by atoms with van der Waals surface area (Å²) in [4.78, 5) is 1.59. The van der Waals surface area contributed by atoms with Gasteiger partial charge in [-0.05, 0) is 13.5 Å². The van der Waals surface area contributed by atoms with Crippen LogP contribution >= 0.6 is 24.8 Å². The van der Waals surface area contributed by atoms with Crippen LogP contribution in [0.5, 0.6) is 0 Å². The maximum absolute atomic E-state index is 12.2. The molecule has 1 fully saturated rings. The third kappa shape index (κ3) is 3.16. The quantitative estimate of drug-likeness (QED) is 0.695. The number of likely N-dealkylation sites (N-methyl/N-ethyl adjacent to an activating group) is 1. The van der Waals surface area contributed by atoms with E-state index in [0.717, 1.165) is 0 Å². The summed E-state index contributed by atoms with van der Waals surface area (Å²) >= 11 is 0. The zero-order chi connectivity index (χ0) is 8.70. The average molecular weight is 241 g/mol. The van der Waals surface area contributed by atoms with Gasteiger partial charge in [0.05, 0.1) is 0 Å². The van der Waals surface area contributed by atoms with Crippen molar-refractivity contribution in [3.63, 3.8) is 0 Å². The van der Waals surface area contributed by atoms with Crippen LogP contribution in [0.25, 0.3) is 0 Å². The molecule has 0 spiro atoms. The molecule has 2 N–H and O–H groups in total. The summed E-state index contributed by atoms with van der Waals surface area (Å²) in [5.74, 6) is 0. The second-order valence-corrected chi connectivity index (χ2v) is 3.14. The molecule has 0 bridgehead atoms. The van der Waals surface area contributed by atoms with Gasteiger partial charge in [-0.25, -0.2) is 0 Å². The van der Waals surface area contributed by atoms with E-state index in [2.05, 4.69) is 0 Å². The molecule has 1 atom stereocenters. The summed E-state index contributed by atoms with van der Waals surface area (Å²) in [6.45, 7) is 0.340. The van der Waals surface area contributed by atoms with Gasteiger partial charge in [-0.2, -0.15) is 13.2 Å². The van der Waals surface area contributed by atoms with Gasteiger partial charge in [-0.3, -0.25) is 0 Å². The Morgan fingerprint density at radius 3 is 1.92 bits per heavy atom. The van der Waals surface area contributed by atoms with Crippen molar-refractivity contribution in [1.82, 2.24) is 4.90 Å². The van der Waals surface area contributed by atoms with Crippen molar-refractivity contribution in [2.75, 3.05) is 20.1 Å². The molecule has 2 nitrogen and oxygen atoms in total. The normalized spacial score (nSPS) is 29.3. The maximum atomic E-state index is 12.2. The molecule has 0 saturated carbocycles. The maximum Gasteiger partial charge on any atom is 0.407 e. The molecule has 0 radical (unpaired) electrons. The summed E-state index contributed by atoms with van der Waals surface area (Å²) in [5.41, 5.74) is 3.19. The van der Waals surface area contributed by atoms with E-state index in [1.165, 1.54) is 0 Å². The van der Waals surface area contributed by atoms with Crippen LogP contribution in [0, 0.1) is 0 Å². The van der Waals surface area contributed by atoms with E-state index < -0.39 is 11.7 Å². The second-order valence-electron chi connectivity index (χ2n) is 3.14. The van der Waals surface area contributed by atoms with E-state index in [-0.39, 0.29) is 37.8 Å². The predicted octanol–water partition coefficient (Wildman–Crippen LogP) is 1.43. The van der Waals surface area contributed by atoms with Gasteiger partial charge in [0.15, 0.2) is 0 Å². The lowest BCUT2D eigenvalue weighted by atomic mass is 10.00. The predicted molar refractivity (Wildman–Crippen MR) is 49.6 cm³/mol. The molecule has 82 valence electrons. The van der Waals surface area contributed by atoms with Crippen molar-refractivity contribution in [3.05, 3.63) is 0 Å². The number of halogens is 5. The Kier molecular flexibility index (Phi) is 5.67. The molecule has 13 heavy (non-hydrogen) atoms. The number of nitrogens with two attached hydrogens (primary N) is 1. The van der Waals surface area contributed by atoms with E-state index in [1.807, 2.05) is 0 Å². The lowest BCUT2D eigenvalue weighted by Crippen LogP contribution is -2.54. The van der Waals surface area contributed by atoms with Gasteiger partial charge in [0, 0.05) is 13.1 Å². The summed E-state index contributed by atoms with van der Waals surface area (Å²) in [5, 5.41) is 0. The van der Waals surface area contributed by atoms with E-state index in [1.54, 1.807) is 11.9 Å². The summed E-state index contributed by atoms with van der Waals surface area (Å²) < 4.78 is 36.5. The molecule has 0 amide bonds. The van der Waals surface area contributed by atoms with Crippen LogP contribution in [0.3, 0.4) is 0 Å². The van der Waals surface area contributed by atoms with Gasteiger partial charge in [0.1, 0.15) is 5.54 Å². The third-order valence-electron chi connectivity index (χ3n) is 2.06. The zero-order valence-electron chi connectivity index (χ0n) is 7.10. The van der Waals surface area contributed by atoms with Gasteiger partial charge >= 0.3 is 6.18 Å². The first-order chi connectivity index (χ1) is 4.85. The molecule has 0 aliphatic carbocycles. The Morgan fingerprint density at radius 1 is 1.31 bits per heavy atom. The Hall–Kier alpha value is 0.290. The van der Waals surface area contributed by atoms with Gasteiger partial charge in [-0.1, -0.05) is 0 Å². The van der Waals surface area contributed by atoms with Crippen LogP contribution in [-0.2, 0) is 0 Å². The van der Waals surface area contributed by atoms with Crippen LogP contribution < -0.4 is 5.73 Å². The topological polar surface area (TPSA) is 29.3 Å². The Morgan fingerprint density at radius 2 is 1.77 bits per heavy atom. The van der Waals surface area contributed by atoms with Crippen LogP contribution in [0.2, 0.25) is 0 Å². The largest absolute Gasteiger partial charge is 0.407 e. The minimum absolute atomic E-state index is 0. The lowest BCUT2D eigenvalue weighted by molar-refractivity contribution is -0.181. The van der Waals surface area contributed by atoms with E-state index in [0.29, 0.717) is 6.54 Å². The van der Waals surface area contributed by atoms with Crippen molar-refractivity contribution in [2.24, 2.45) is 5.73 Å². The molecule has 1 aliphatic heterocycles. The molecule has 1 unspecified atom stereocenters. The highest BCUT2D eigenvalue weighted by Crippen LogP contribution is 2.34. The fraction of sp³-hybridized carbons (Fsp3) is 1.00. The third-order valence-corrected chi connectivity index (χ3v) is 2.06. The number of nitrogens with zero attached hydrogens (tertiary/aromatic N) is 1. The standard InChI is InChI=1S/C6H11F3N2.2ClH/c1-11-3-2-5(10,4-11)6(7,8)9;;/h2-4,10H2,1H3;2*1H. The molecular formula is C6H13Cl2F3N2. The number of likely N-dealkylation sites (tertiary alicyclic amines) is 1. The van der Waals surface area contributed by atoms with Crippen molar-refractivity contribution in [1.29, 1.82) is 0 Å². The van der Waals surface area contributed by atoms with E-state index in [4.69, 9.17) is 5.73 Å². The van der Waals surface area contributed by atoms with E-state index >= 15 is 0 Å². The monoisotopic (exact) mass is 240 g/mol. The van der Waals surface area contributed by atoms with Crippen molar-refractivity contribution >= 4 is 24.8 Å². The minimum atomic E-state index is -4.27. The highest BCUT2D eigenvalue weighted by molar-refractivity contribution is 5.85. The molecule has 1 saturated heterocycles. The first-order valence-electron chi connectivity index (χ1n) is 3.39. The number of hydrogen-bond acceptors (Lipinski definition) is 2. The lowest BCUT2D eigenvalue weighted by Gasteiger charge is -2.26. The SMILES string of the molecule is CN1CCC(N)(C(F)(F)F)C1.Cl.Cl. The van der Waals surface area contributed by atoms with E-state index in [9.17, 15) is 13.2 Å². The fourth-order valence-corrected chi connectivity index (χ4v) is 1.26. The Balaban J connectivity index is 0. The molecule has 1 rings (SSSR count). The highest BCUT2D eigenvalue weighted by atomic mass is 35.5. The van der Waals surface area contributed by atoms with Gasteiger partial charge in [0.25, 0.3) is 0 Å². The fourth-order valence-electron chi connectivity index (χ4n) is 1.26. The number of hydrogen-bond donors (Lipinski definition) is 1. The molecule has 0 aromatic heterocycles. The average Bonchev–Trinajstić information content (AvgIpc) is 2.10. The van der Waals surface area contributed by atoms with Gasteiger partial charge in [-0.15, -0.1) is 24.8 Å². The number of rotatable bonds is 0. The van der Waals surface area contributed by atoms with Crippen molar-refractivity contribution in [2.45, 2.75) is 18.1 Å². The van der Waals surface area contributed by atoms with Crippen LogP contribution in [0.1, 0.15) is 6.42 Å². The summed E-state index contributed by atoms with van der Waals surface area (Å²) in [6.07, 6.45) is -4.26. The van der Waals surface area contributed by atoms with Gasteiger partial charge < -0.3 is 10.6 Å². The summed E-state index contributed by atoms with van der Waals surface area (Å²) in [6, 6.07) is 0. The minimum Gasteiger partial charge on any atom is -0.317 e. The second kappa shape index (κ2) is 4.68. The van der Waals surface area contributed by atoms with Crippen LogP contribution in [-0.4, -0.2) is 36.8 Å². The zero-order valence-corrected chi connectivity index (χ0v) is 8.73. The number of alkyl halides is 3. The molecule has 1 heterocycles. The first kappa shape index (κ1) is 15.7.